The Morgan fingerprint density at radius 2 is 1.81 bits per heavy atom. The van der Waals surface area contributed by atoms with Crippen molar-refractivity contribution in [3.05, 3.63) is 63.8 Å². The van der Waals surface area contributed by atoms with Crippen LogP contribution in [-0.2, 0) is 0 Å². The van der Waals surface area contributed by atoms with Gasteiger partial charge in [0.05, 0.1) is 11.7 Å². The Morgan fingerprint density at radius 1 is 1.03 bits per heavy atom. The van der Waals surface area contributed by atoms with E-state index in [0.717, 1.165) is 17.1 Å². The fraction of sp³-hybridized carbons (Fsp3) is 0.348. The molecule has 0 unspecified atom stereocenters. The van der Waals surface area contributed by atoms with E-state index < -0.39 is 0 Å². The summed E-state index contributed by atoms with van der Waals surface area (Å²) < 4.78 is 17.8. The average molecular weight is 421 g/mol. The second kappa shape index (κ2) is 7.61. The third-order valence-electron chi connectivity index (χ3n) is 5.86. The summed E-state index contributed by atoms with van der Waals surface area (Å²) >= 11 is 0. The number of ether oxygens (including phenoxy) is 2. The standard InChI is InChI=1S/C23H23N3O5/c1-14-11-18(15(2)31-14)19-4-6-22(27)26(24-19)17-7-9-25(10-8-17)23(28)16-3-5-20-21(12-16)30-13-29-20/h3-6,11-12,17H,7-10,13H2,1-2H3. The van der Waals surface area contributed by atoms with Gasteiger partial charge >= 0.3 is 0 Å². The molecule has 5 rings (SSSR count). The van der Waals surface area contributed by atoms with E-state index in [0.29, 0.717) is 48.7 Å². The third-order valence-corrected chi connectivity index (χ3v) is 5.86. The normalized spacial score (nSPS) is 16.0. The number of benzene rings is 1. The largest absolute Gasteiger partial charge is 0.466 e. The Kier molecular flexibility index (Phi) is 4.77. The first-order valence-corrected chi connectivity index (χ1v) is 10.4. The molecule has 31 heavy (non-hydrogen) atoms. The number of hydrogen-bond donors (Lipinski definition) is 0. The van der Waals surface area contributed by atoms with Gasteiger partial charge < -0.3 is 18.8 Å². The van der Waals surface area contributed by atoms with Crippen molar-refractivity contribution in [1.82, 2.24) is 14.7 Å². The molecule has 8 nitrogen and oxygen atoms in total. The second-order valence-electron chi connectivity index (χ2n) is 7.92. The maximum Gasteiger partial charge on any atom is 0.267 e. The van der Waals surface area contributed by atoms with Crippen LogP contribution in [0.5, 0.6) is 11.5 Å². The molecule has 0 bridgehead atoms. The van der Waals surface area contributed by atoms with Crippen molar-refractivity contribution in [2.75, 3.05) is 19.9 Å². The second-order valence-corrected chi connectivity index (χ2v) is 7.92. The van der Waals surface area contributed by atoms with Crippen LogP contribution in [0.25, 0.3) is 11.3 Å². The van der Waals surface area contributed by atoms with Crippen LogP contribution in [0.2, 0.25) is 0 Å². The molecule has 4 heterocycles. The highest BCUT2D eigenvalue weighted by molar-refractivity contribution is 5.95. The molecule has 0 aliphatic carbocycles. The zero-order chi connectivity index (χ0) is 21.5. The van der Waals surface area contributed by atoms with Crippen LogP contribution < -0.4 is 15.0 Å². The van der Waals surface area contributed by atoms with Gasteiger partial charge in [-0.1, -0.05) is 0 Å². The van der Waals surface area contributed by atoms with Crippen molar-refractivity contribution in [1.29, 1.82) is 0 Å². The maximum atomic E-state index is 12.9. The van der Waals surface area contributed by atoms with E-state index >= 15 is 0 Å². The molecule has 0 spiro atoms. The zero-order valence-electron chi connectivity index (χ0n) is 17.5. The fourth-order valence-corrected chi connectivity index (χ4v) is 4.24. The Bertz CT molecular complexity index is 1200. The number of rotatable bonds is 3. The molecule has 2 aliphatic rings. The van der Waals surface area contributed by atoms with Crippen molar-refractivity contribution in [3.8, 4) is 22.8 Å². The number of furan rings is 1. The molecule has 160 valence electrons. The summed E-state index contributed by atoms with van der Waals surface area (Å²) in [4.78, 5) is 27.2. The molecular formula is C23H23N3O5. The van der Waals surface area contributed by atoms with Gasteiger partial charge in [-0.2, -0.15) is 5.10 Å². The first-order chi connectivity index (χ1) is 15.0. The molecule has 0 N–H and O–H groups in total. The van der Waals surface area contributed by atoms with Crippen molar-refractivity contribution in [2.45, 2.75) is 32.7 Å². The first-order valence-electron chi connectivity index (χ1n) is 10.4. The first kappa shape index (κ1) is 19.4. The minimum absolute atomic E-state index is 0.0460. The highest BCUT2D eigenvalue weighted by atomic mass is 16.7. The summed E-state index contributed by atoms with van der Waals surface area (Å²) in [6, 6.07) is 10.4. The quantitative estimate of drug-likeness (QED) is 0.645. The molecule has 0 saturated carbocycles. The van der Waals surface area contributed by atoms with Gasteiger partial charge in [-0.15, -0.1) is 0 Å². The van der Waals surface area contributed by atoms with Crippen LogP contribution in [0.15, 0.2) is 45.6 Å². The van der Waals surface area contributed by atoms with Gasteiger partial charge in [0.1, 0.15) is 11.5 Å². The Morgan fingerprint density at radius 3 is 2.55 bits per heavy atom. The number of fused-ring (bicyclic) bond motifs is 1. The molecule has 2 aliphatic heterocycles. The molecule has 0 atom stereocenters. The lowest BCUT2D eigenvalue weighted by molar-refractivity contribution is 0.0687. The van der Waals surface area contributed by atoms with Crippen molar-refractivity contribution < 1.29 is 18.7 Å². The van der Waals surface area contributed by atoms with Gasteiger partial charge in [0.2, 0.25) is 6.79 Å². The molecule has 8 heteroatoms. The third kappa shape index (κ3) is 3.58. The van der Waals surface area contributed by atoms with Crippen LogP contribution >= 0.6 is 0 Å². The molecule has 2 aromatic heterocycles. The summed E-state index contributed by atoms with van der Waals surface area (Å²) in [5, 5.41) is 4.62. The average Bonchev–Trinajstić information content (AvgIpc) is 3.38. The van der Waals surface area contributed by atoms with Gasteiger partial charge in [0.25, 0.3) is 11.5 Å². The summed E-state index contributed by atoms with van der Waals surface area (Å²) in [6.45, 7) is 5.07. The van der Waals surface area contributed by atoms with Crippen LogP contribution in [0.3, 0.4) is 0 Å². The number of likely N-dealkylation sites (tertiary alicyclic amines) is 1. The van der Waals surface area contributed by atoms with Gasteiger partial charge in [-0.25, -0.2) is 4.68 Å². The number of piperidine rings is 1. The molecule has 1 saturated heterocycles. The number of amides is 1. The Hall–Kier alpha value is -3.55. The number of nitrogens with zero attached hydrogens (tertiary/aromatic N) is 3. The van der Waals surface area contributed by atoms with Gasteiger partial charge in [0, 0.05) is 30.3 Å². The lowest BCUT2D eigenvalue weighted by atomic mass is 10.0. The van der Waals surface area contributed by atoms with E-state index in [1.807, 2.05) is 24.8 Å². The number of aryl methyl sites for hydroxylation is 2. The van der Waals surface area contributed by atoms with E-state index in [-0.39, 0.29) is 24.3 Å². The van der Waals surface area contributed by atoms with Crippen LogP contribution in [0.1, 0.15) is 40.8 Å². The van der Waals surface area contributed by atoms with Gasteiger partial charge in [-0.05, 0) is 57.0 Å². The minimum Gasteiger partial charge on any atom is -0.466 e. The summed E-state index contributed by atoms with van der Waals surface area (Å²) in [5.74, 6) is 2.79. The van der Waals surface area contributed by atoms with Gasteiger partial charge in [0.15, 0.2) is 11.5 Å². The monoisotopic (exact) mass is 421 g/mol. The summed E-state index contributed by atoms with van der Waals surface area (Å²) in [6.07, 6.45) is 1.33. The van der Waals surface area contributed by atoms with E-state index in [2.05, 4.69) is 5.10 Å². The Labute approximate surface area is 179 Å². The number of carbonyl (C=O) groups excluding carboxylic acids is 1. The minimum atomic E-state index is -0.137. The van der Waals surface area contributed by atoms with Gasteiger partial charge in [-0.3, -0.25) is 9.59 Å². The number of aromatic nitrogens is 2. The molecule has 1 amide bonds. The van der Waals surface area contributed by atoms with E-state index in [1.165, 1.54) is 0 Å². The van der Waals surface area contributed by atoms with E-state index in [1.54, 1.807) is 35.0 Å². The van der Waals surface area contributed by atoms with Crippen molar-refractivity contribution >= 4 is 5.91 Å². The van der Waals surface area contributed by atoms with Crippen LogP contribution in [0.4, 0.5) is 0 Å². The van der Waals surface area contributed by atoms with Crippen molar-refractivity contribution in [2.24, 2.45) is 0 Å². The zero-order valence-corrected chi connectivity index (χ0v) is 17.5. The lowest BCUT2D eigenvalue weighted by Crippen LogP contribution is -2.41. The van der Waals surface area contributed by atoms with Crippen LogP contribution in [0, 0.1) is 13.8 Å². The Balaban J connectivity index is 1.31. The number of carbonyl (C=O) groups is 1. The number of hydrogen-bond acceptors (Lipinski definition) is 6. The molecular weight excluding hydrogens is 398 g/mol. The smallest absolute Gasteiger partial charge is 0.267 e. The SMILES string of the molecule is Cc1cc(-c2ccc(=O)n(C3CCN(C(=O)c4ccc5c(c4)OCO5)CC3)n2)c(C)o1. The highest BCUT2D eigenvalue weighted by Gasteiger charge is 2.27. The maximum absolute atomic E-state index is 12.9. The molecule has 3 aromatic rings. The predicted octanol–water partition coefficient (Wildman–Crippen LogP) is 3.33. The highest BCUT2D eigenvalue weighted by Crippen LogP contribution is 2.33. The molecule has 1 aromatic carbocycles. The van der Waals surface area contributed by atoms with E-state index in [9.17, 15) is 9.59 Å². The molecule has 0 radical (unpaired) electrons. The predicted molar refractivity (Wildman–Crippen MR) is 112 cm³/mol. The summed E-state index contributed by atoms with van der Waals surface area (Å²) in [5.41, 5.74) is 2.04. The fourth-order valence-electron chi connectivity index (χ4n) is 4.24. The summed E-state index contributed by atoms with van der Waals surface area (Å²) in [7, 11) is 0. The van der Waals surface area contributed by atoms with Crippen LogP contribution in [-0.4, -0.2) is 40.5 Å². The topological polar surface area (TPSA) is 86.8 Å². The lowest BCUT2D eigenvalue weighted by Gasteiger charge is -2.32. The van der Waals surface area contributed by atoms with E-state index in [4.69, 9.17) is 13.9 Å². The van der Waals surface area contributed by atoms with Crippen molar-refractivity contribution in [3.63, 3.8) is 0 Å². The molecule has 1 fully saturated rings.